The Hall–Kier alpha value is -3.13. The third kappa shape index (κ3) is 1.80. The Kier molecular flexibility index (Phi) is 2.70. The van der Waals surface area contributed by atoms with E-state index in [4.69, 9.17) is 10.4 Å². The number of aromatic nitrogens is 2. The van der Waals surface area contributed by atoms with Gasteiger partial charge in [0.2, 0.25) is 0 Å². The Morgan fingerprint density at radius 3 is 2.85 bits per heavy atom. The van der Waals surface area contributed by atoms with Crippen LogP contribution >= 0.6 is 0 Å². The van der Waals surface area contributed by atoms with Gasteiger partial charge in [0.15, 0.2) is 5.69 Å². The monoisotopic (exact) mass is 263 g/mol. The van der Waals surface area contributed by atoms with Crippen molar-refractivity contribution < 1.29 is 9.90 Å². The second-order valence-electron chi connectivity index (χ2n) is 4.24. The van der Waals surface area contributed by atoms with Gasteiger partial charge < -0.3 is 5.11 Å². The third-order valence-electron chi connectivity index (χ3n) is 3.02. The van der Waals surface area contributed by atoms with Crippen LogP contribution in [0.5, 0.6) is 0 Å². The number of pyridine rings is 1. The molecule has 0 fully saturated rings. The van der Waals surface area contributed by atoms with Crippen LogP contribution in [0.25, 0.3) is 16.9 Å². The lowest BCUT2D eigenvalue weighted by Gasteiger charge is -2.02. The molecule has 0 unspecified atom stereocenters. The molecule has 0 aliphatic heterocycles. The van der Waals surface area contributed by atoms with E-state index in [1.807, 2.05) is 18.2 Å². The van der Waals surface area contributed by atoms with Gasteiger partial charge in [-0.2, -0.15) is 5.26 Å². The van der Waals surface area contributed by atoms with Crippen LogP contribution < -0.4 is 0 Å². The summed E-state index contributed by atoms with van der Waals surface area (Å²) in [5.41, 5.74) is 1.87. The molecular weight excluding hydrogens is 254 g/mol. The summed E-state index contributed by atoms with van der Waals surface area (Å²) in [7, 11) is 0. The lowest BCUT2D eigenvalue weighted by Crippen LogP contribution is -1.97. The maximum Gasteiger partial charge on any atom is 0.335 e. The number of aromatic carboxylic acids is 1. The number of fused-ring (bicyclic) bond motifs is 1. The van der Waals surface area contributed by atoms with E-state index >= 15 is 0 Å². The van der Waals surface area contributed by atoms with Crippen molar-refractivity contribution in [2.75, 3.05) is 0 Å². The maximum atomic E-state index is 11.0. The van der Waals surface area contributed by atoms with Gasteiger partial charge in [-0.25, -0.2) is 9.78 Å². The Morgan fingerprint density at radius 2 is 2.10 bits per heavy atom. The highest BCUT2D eigenvalue weighted by molar-refractivity contribution is 5.89. The highest BCUT2D eigenvalue weighted by Crippen LogP contribution is 2.23. The van der Waals surface area contributed by atoms with Crippen molar-refractivity contribution in [2.45, 2.75) is 0 Å². The minimum atomic E-state index is -0.992. The van der Waals surface area contributed by atoms with Gasteiger partial charge in [-0.05, 0) is 24.3 Å². The summed E-state index contributed by atoms with van der Waals surface area (Å²) < 4.78 is 1.78. The van der Waals surface area contributed by atoms with E-state index in [-0.39, 0.29) is 5.56 Å². The highest BCUT2D eigenvalue weighted by Gasteiger charge is 2.13. The van der Waals surface area contributed by atoms with Crippen molar-refractivity contribution in [3.63, 3.8) is 0 Å². The molecule has 0 aliphatic carbocycles. The minimum absolute atomic E-state index is 0.189. The van der Waals surface area contributed by atoms with Crippen molar-refractivity contribution in [2.24, 2.45) is 0 Å². The number of hydrogen-bond acceptors (Lipinski definition) is 3. The number of carbonyl (C=O) groups is 1. The van der Waals surface area contributed by atoms with Crippen molar-refractivity contribution in [1.29, 1.82) is 5.26 Å². The standard InChI is InChI=1S/C15H9N3O2/c16-9-12-13-6-1-2-7-18(13)14(17-12)10-4-3-5-11(8-10)15(19)20/h1-8H,(H,19,20). The van der Waals surface area contributed by atoms with Gasteiger partial charge >= 0.3 is 5.97 Å². The quantitative estimate of drug-likeness (QED) is 0.770. The molecule has 3 rings (SSSR count). The number of imidazole rings is 1. The number of nitrogens with zero attached hydrogens (tertiary/aromatic N) is 3. The molecule has 2 aromatic heterocycles. The molecular formula is C15H9N3O2. The number of rotatable bonds is 2. The molecule has 0 radical (unpaired) electrons. The summed E-state index contributed by atoms with van der Waals surface area (Å²) in [4.78, 5) is 15.3. The Morgan fingerprint density at radius 1 is 1.25 bits per heavy atom. The Balaban J connectivity index is 2.28. The topological polar surface area (TPSA) is 78.4 Å². The van der Waals surface area contributed by atoms with Crippen molar-refractivity contribution in [3.05, 3.63) is 59.9 Å². The van der Waals surface area contributed by atoms with Crippen LogP contribution in [0.15, 0.2) is 48.7 Å². The number of carboxylic acid groups (broad SMARTS) is 1. The van der Waals surface area contributed by atoms with Crippen molar-refractivity contribution >= 4 is 11.5 Å². The first kappa shape index (κ1) is 11.9. The summed E-state index contributed by atoms with van der Waals surface area (Å²) in [5.74, 6) is -0.437. The second-order valence-corrected chi connectivity index (χ2v) is 4.24. The predicted molar refractivity (Wildman–Crippen MR) is 72.3 cm³/mol. The van der Waals surface area contributed by atoms with E-state index in [1.54, 1.807) is 34.9 Å². The van der Waals surface area contributed by atoms with Gasteiger partial charge in [-0.3, -0.25) is 4.40 Å². The van der Waals surface area contributed by atoms with E-state index in [9.17, 15) is 4.79 Å². The fourth-order valence-corrected chi connectivity index (χ4v) is 2.12. The number of benzene rings is 1. The molecule has 5 nitrogen and oxygen atoms in total. The van der Waals surface area contributed by atoms with Gasteiger partial charge in [0.25, 0.3) is 0 Å². The number of hydrogen-bond donors (Lipinski definition) is 1. The van der Waals surface area contributed by atoms with Crippen LogP contribution in [-0.2, 0) is 0 Å². The van der Waals surface area contributed by atoms with Crippen LogP contribution in [0.2, 0.25) is 0 Å². The van der Waals surface area contributed by atoms with Crippen molar-refractivity contribution in [1.82, 2.24) is 9.38 Å². The molecule has 0 aliphatic rings. The van der Waals surface area contributed by atoms with Crippen LogP contribution in [0.1, 0.15) is 16.1 Å². The first-order valence-electron chi connectivity index (χ1n) is 5.91. The minimum Gasteiger partial charge on any atom is -0.478 e. The normalized spacial score (nSPS) is 10.3. The van der Waals surface area contributed by atoms with Gasteiger partial charge in [0.05, 0.1) is 11.1 Å². The van der Waals surface area contributed by atoms with Gasteiger partial charge in [-0.1, -0.05) is 18.2 Å². The van der Waals surface area contributed by atoms with Crippen LogP contribution in [0.3, 0.4) is 0 Å². The molecule has 20 heavy (non-hydrogen) atoms. The molecule has 0 spiro atoms. The van der Waals surface area contributed by atoms with Crippen molar-refractivity contribution in [3.8, 4) is 17.5 Å². The molecule has 0 saturated carbocycles. The average Bonchev–Trinajstić information content (AvgIpc) is 2.86. The molecule has 0 saturated heterocycles. The van der Waals surface area contributed by atoms with Gasteiger partial charge in [-0.15, -0.1) is 0 Å². The van der Waals surface area contributed by atoms with Crippen LogP contribution in [0, 0.1) is 11.3 Å². The fraction of sp³-hybridized carbons (Fsp3) is 0. The predicted octanol–water partition coefficient (Wildman–Crippen LogP) is 2.57. The molecule has 0 amide bonds. The first-order valence-corrected chi connectivity index (χ1v) is 5.91. The second kappa shape index (κ2) is 4.52. The fourth-order valence-electron chi connectivity index (χ4n) is 2.12. The Labute approximate surface area is 114 Å². The Bertz CT molecular complexity index is 859. The van der Waals surface area contributed by atoms with E-state index in [1.165, 1.54) is 6.07 Å². The maximum absolute atomic E-state index is 11.0. The van der Waals surface area contributed by atoms with E-state index < -0.39 is 5.97 Å². The van der Waals surface area contributed by atoms with Gasteiger partial charge in [0.1, 0.15) is 11.9 Å². The van der Waals surface area contributed by atoms with Crippen LogP contribution in [-0.4, -0.2) is 20.5 Å². The molecule has 1 N–H and O–H groups in total. The SMILES string of the molecule is N#Cc1nc(-c2cccc(C(=O)O)c2)n2ccccc12. The first-order chi connectivity index (χ1) is 9.70. The largest absolute Gasteiger partial charge is 0.478 e. The van der Waals surface area contributed by atoms with E-state index in [0.29, 0.717) is 22.6 Å². The summed E-state index contributed by atoms with van der Waals surface area (Å²) >= 11 is 0. The number of nitriles is 1. The highest BCUT2D eigenvalue weighted by atomic mass is 16.4. The van der Waals surface area contributed by atoms with E-state index in [0.717, 1.165) is 0 Å². The molecule has 0 atom stereocenters. The number of carboxylic acids is 1. The molecule has 2 heterocycles. The lowest BCUT2D eigenvalue weighted by molar-refractivity contribution is 0.0697. The third-order valence-corrected chi connectivity index (χ3v) is 3.02. The zero-order chi connectivity index (χ0) is 14.1. The van der Waals surface area contributed by atoms with E-state index in [2.05, 4.69) is 4.98 Å². The molecule has 96 valence electrons. The molecule has 1 aromatic carbocycles. The average molecular weight is 263 g/mol. The van der Waals surface area contributed by atoms with Crippen LogP contribution in [0.4, 0.5) is 0 Å². The van der Waals surface area contributed by atoms with Gasteiger partial charge in [0, 0.05) is 11.8 Å². The summed E-state index contributed by atoms with van der Waals surface area (Å²) in [6.07, 6.45) is 1.80. The lowest BCUT2D eigenvalue weighted by atomic mass is 10.1. The molecule has 3 aromatic rings. The smallest absolute Gasteiger partial charge is 0.335 e. The summed E-state index contributed by atoms with van der Waals surface area (Å²) in [6, 6.07) is 14.0. The zero-order valence-electron chi connectivity index (χ0n) is 10.3. The summed E-state index contributed by atoms with van der Waals surface area (Å²) in [5, 5.41) is 18.2. The zero-order valence-corrected chi connectivity index (χ0v) is 10.3. The molecule has 0 bridgehead atoms. The molecule has 5 heteroatoms. The summed E-state index contributed by atoms with van der Waals surface area (Å²) in [6.45, 7) is 0.